The van der Waals surface area contributed by atoms with Gasteiger partial charge in [0.05, 0.1) is 4.90 Å². The zero-order valence-corrected chi connectivity index (χ0v) is 16.5. The molecule has 1 aromatic carbocycles. The molecule has 1 heterocycles. The first-order valence-electron chi connectivity index (χ1n) is 10.0. The van der Waals surface area contributed by atoms with Crippen LogP contribution < -0.4 is 5.32 Å². The fourth-order valence-electron chi connectivity index (χ4n) is 4.17. The monoisotopic (exact) mass is 428 g/mol. The minimum atomic E-state index is -3.75. The van der Waals surface area contributed by atoms with Crippen LogP contribution in [0.5, 0.6) is 0 Å². The van der Waals surface area contributed by atoms with E-state index in [0.29, 0.717) is 19.5 Å². The highest BCUT2D eigenvalue weighted by Crippen LogP contribution is 2.27. The fraction of sp³-hybridized carbons (Fsp3) is 0.682. The lowest BCUT2D eigenvalue weighted by Crippen LogP contribution is -2.44. The average Bonchev–Trinajstić information content (AvgIpc) is 3.09. The predicted octanol–water partition coefficient (Wildman–Crippen LogP) is 4.73. The van der Waals surface area contributed by atoms with E-state index in [-0.39, 0.29) is 37.6 Å². The van der Waals surface area contributed by atoms with Crippen LogP contribution in [-0.2, 0) is 14.8 Å². The summed E-state index contributed by atoms with van der Waals surface area (Å²) in [6.07, 6.45) is 9.09. The molecule has 7 heteroatoms. The molecule has 5 nitrogen and oxygen atoms in total. The van der Waals surface area contributed by atoms with E-state index in [1.54, 1.807) is 0 Å². The zero-order chi connectivity index (χ0) is 19.3. The molecular formula is C22H37FN2O3S. The van der Waals surface area contributed by atoms with Crippen molar-refractivity contribution in [3.05, 3.63) is 30.1 Å². The number of nitrogens with one attached hydrogen (secondary N) is 1. The number of sulfonamides is 1. The molecule has 1 atom stereocenters. The fourth-order valence-corrected chi connectivity index (χ4v) is 5.90. The van der Waals surface area contributed by atoms with Gasteiger partial charge in [-0.05, 0) is 43.9 Å². The van der Waals surface area contributed by atoms with Gasteiger partial charge >= 0.3 is 0 Å². The first-order chi connectivity index (χ1) is 13.0. The minimum Gasteiger partial charge on any atom is -0.354 e. The van der Waals surface area contributed by atoms with E-state index in [9.17, 15) is 17.6 Å². The summed E-state index contributed by atoms with van der Waals surface area (Å²) in [6, 6.07) is 4.84. The zero-order valence-electron chi connectivity index (χ0n) is 15.7. The van der Waals surface area contributed by atoms with Gasteiger partial charge in [0.1, 0.15) is 5.82 Å². The van der Waals surface area contributed by atoms with Crippen molar-refractivity contribution < 1.29 is 17.6 Å². The summed E-state index contributed by atoms with van der Waals surface area (Å²) in [5.41, 5.74) is 0. The third-order valence-corrected chi connectivity index (χ3v) is 7.66. The number of nitrogens with zero attached hydrogens (tertiary/aromatic N) is 1. The number of carbonyl (C=O) groups excluding carboxylic acids is 1. The molecule has 1 N–H and O–H groups in total. The van der Waals surface area contributed by atoms with Crippen molar-refractivity contribution in [2.24, 2.45) is 5.92 Å². The molecule has 1 aromatic rings. The van der Waals surface area contributed by atoms with E-state index in [4.69, 9.17) is 0 Å². The Morgan fingerprint density at radius 3 is 2.34 bits per heavy atom. The highest BCUT2D eigenvalue weighted by molar-refractivity contribution is 7.89. The van der Waals surface area contributed by atoms with Gasteiger partial charge in [0.2, 0.25) is 15.9 Å². The molecule has 0 unspecified atom stereocenters. The maximum atomic E-state index is 13.5. The first-order valence-corrected chi connectivity index (χ1v) is 11.5. The predicted molar refractivity (Wildman–Crippen MR) is 116 cm³/mol. The number of hydrogen-bond acceptors (Lipinski definition) is 3. The molecule has 3 rings (SSSR count). The first kappa shape index (κ1) is 25.6. The lowest BCUT2D eigenvalue weighted by atomic mass is 9.90. The quantitative estimate of drug-likeness (QED) is 0.737. The topological polar surface area (TPSA) is 66.5 Å². The maximum absolute atomic E-state index is 13.5. The van der Waals surface area contributed by atoms with E-state index >= 15 is 0 Å². The molecule has 1 saturated carbocycles. The van der Waals surface area contributed by atoms with Crippen molar-refractivity contribution in [2.45, 2.75) is 83.6 Å². The average molecular weight is 429 g/mol. The molecule has 1 aliphatic heterocycles. The molecule has 2 fully saturated rings. The largest absolute Gasteiger partial charge is 0.354 e. The van der Waals surface area contributed by atoms with E-state index in [1.807, 2.05) is 0 Å². The third kappa shape index (κ3) is 6.51. The Kier molecular flexibility index (Phi) is 10.3. The number of halogens is 1. The second-order valence-corrected chi connectivity index (χ2v) is 9.55. The molecule has 0 aromatic heterocycles. The van der Waals surface area contributed by atoms with Crippen molar-refractivity contribution >= 4 is 15.9 Å². The van der Waals surface area contributed by atoms with Crippen molar-refractivity contribution in [3.8, 4) is 0 Å². The highest BCUT2D eigenvalue weighted by atomic mass is 32.2. The Hall–Kier alpha value is -1.47. The summed E-state index contributed by atoms with van der Waals surface area (Å²) in [6.45, 7) is 0.729. The molecule has 0 bridgehead atoms. The van der Waals surface area contributed by atoms with E-state index < -0.39 is 15.8 Å². The van der Waals surface area contributed by atoms with E-state index in [1.165, 1.54) is 41.8 Å². The summed E-state index contributed by atoms with van der Waals surface area (Å²) in [5.74, 6) is -0.476. The second kappa shape index (κ2) is 11.6. The van der Waals surface area contributed by atoms with Crippen LogP contribution in [0.3, 0.4) is 0 Å². The highest BCUT2D eigenvalue weighted by Gasteiger charge is 2.35. The van der Waals surface area contributed by atoms with Gasteiger partial charge in [-0.2, -0.15) is 4.31 Å². The Balaban J connectivity index is 0.00000210. The van der Waals surface area contributed by atoms with Crippen LogP contribution in [0.1, 0.15) is 72.6 Å². The third-order valence-electron chi connectivity index (χ3n) is 5.71. The lowest BCUT2D eigenvalue weighted by molar-refractivity contribution is -0.125. The van der Waals surface area contributed by atoms with Gasteiger partial charge in [-0.1, -0.05) is 53.0 Å². The molecule has 0 spiro atoms. The lowest BCUT2D eigenvalue weighted by Gasteiger charge is -2.26. The number of benzene rings is 1. The van der Waals surface area contributed by atoms with Crippen LogP contribution in [0.25, 0.3) is 0 Å². The van der Waals surface area contributed by atoms with Crippen LogP contribution in [0, 0.1) is 11.7 Å². The molecule has 1 aliphatic carbocycles. The molecule has 0 radical (unpaired) electrons. The van der Waals surface area contributed by atoms with E-state index in [2.05, 4.69) is 5.32 Å². The number of carbonyl (C=O) groups is 1. The molecule has 166 valence electrons. The van der Waals surface area contributed by atoms with Crippen LogP contribution >= 0.6 is 0 Å². The van der Waals surface area contributed by atoms with Crippen molar-refractivity contribution in [2.75, 3.05) is 13.1 Å². The molecule has 2 aliphatic rings. The second-order valence-electron chi connectivity index (χ2n) is 7.66. The molecular weight excluding hydrogens is 391 g/mol. The van der Waals surface area contributed by atoms with Crippen LogP contribution in [0.4, 0.5) is 4.39 Å². The molecule has 1 amide bonds. The Morgan fingerprint density at radius 1 is 1.03 bits per heavy atom. The number of amides is 1. The normalized spacial score (nSPS) is 21.3. The Morgan fingerprint density at radius 2 is 1.69 bits per heavy atom. The van der Waals surface area contributed by atoms with Gasteiger partial charge in [-0.3, -0.25) is 4.79 Å². The Bertz CT molecular complexity index is 746. The van der Waals surface area contributed by atoms with Crippen molar-refractivity contribution in [3.63, 3.8) is 0 Å². The summed E-state index contributed by atoms with van der Waals surface area (Å²) in [5, 5.41) is 2.99. The Labute approximate surface area is 176 Å². The number of hydrogen-bond donors (Lipinski definition) is 1. The summed E-state index contributed by atoms with van der Waals surface area (Å²) in [4.78, 5) is 12.5. The van der Waals surface area contributed by atoms with Gasteiger partial charge < -0.3 is 5.32 Å². The van der Waals surface area contributed by atoms with Gasteiger partial charge in [0, 0.05) is 25.0 Å². The smallest absolute Gasteiger partial charge is 0.243 e. The van der Waals surface area contributed by atoms with E-state index in [0.717, 1.165) is 38.2 Å². The molecule has 29 heavy (non-hydrogen) atoms. The van der Waals surface area contributed by atoms with Crippen LogP contribution in [0.15, 0.2) is 29.2 Å². The SMILES string of the molecule is C.C.O=C(NC[C@H]1CCCN1S(=O)(=O)c1cccc(F)c1)C1CCCCCCC1. The maximum Gasteiger partial charge on any atom is 0.243 e. The minimum absolute atomic E-state index is 0. The van der Waals surface area contributed by atoms with Crippen molar-refractivity contribution in [1.29, 1.82) is 0 Å². The van der Waals surface area contributed by atoms with Gasteiger partial charge in [-0.15, -0.1) is 0 Å². The summed E-state index contributed by atoms with van der Waals surface area (Å²) in [7, 11) is -3.75. The van der Waals surface area contributed by atoms with Gasteiger partial charge in [-0.25, -0.2) is 12.8 Å². The van der Waals surface area contributed by atoms with Crippen molar-refractivity contribution in [1.82, 2.24) is 9.62 Å². The van der Waals surface area contributed by atoms with Crippen LogP contribution in [0.2, 0.25) is 0 Å². The standard InChI is InChI=1S/C20H29FN2O3S.2CH4/c21-17-10-6-12-19(14-17)27(25,26)23-13-7-11-18(23)15-22-20(24)16-8-4-2-1-3-5-9-16;;/h6,10,12,14,16,18H,1-5,7-9,11,13,15H2,(H,22,24);2*1H4/t18-;;/m1../s1. The van der Waals surface area contributed by atoms with Crippen LogP contribution in [-0.4, -0.2) is 37.8 Å². The van der Waals surface area contributed by atoms with Gasteiger partial charge in [0.15, 0.2) is 0 Å². The summed E-state index contributed by atoms with van der Waals surface area (Å²) < 4.78 is 40.6. The summed E-state index contributed by atoms with van der Waals surface area (Å²) >= 11 is 0. The van der Waals surface area contributed by atoms with Gasteiger partial charge in [0.25, 0.3) is 0 Å². The number of rotatable bonds is 5. The molecule has 1 saturated heterocycles.